The molecular weight excluding hydrogens is 489 g/mol. The molecule has 0 aromatic heterocycles. The highest BCUT2D eigenvalue weighted by molar-refractivity contribution is 9.11. The molecule has 0 saturated heterocycles. The Labute approximate surface area is 152 Å². The highest BCUT2D eigenvalue weighted by Crippen LogP contribution is 2.34. The summed E-state index contributed by atoms with van der Waals surface area (Å²) in [4.78, 5) is 12.4. The molecule has 0 unspecified atom stereocenters. The van der Waals surface area contributed by atoms with Crippen molar-refractivity contribution in [2.75, 3.05) is 12.4 Å². The van der Waals surface area contributed by atoms with Crippen LogP contribution in [0.4, 0.5) is 5.69 Å². The molecule has 2 aromatic carbocycles. The Morgan fingerprint density at radius 2 is 1.86 bits per heavy atom. The van der Waals surface area contributed by atoms with Gasteiger partial charge in [-0.15, -0.1) is 0 Å². The van der Waals surface area contributed by atoms with Crippen molar-refractivity contribution in [2.24, 2.45) is 0 Å². The monoisotopic (exact) mass is 495 g/mol. The van der Waals surface area contributed by atoms with Gasteiger partial charge in [0, 0.05) is 8.95 Å². The molecule has 0 aliphatic heterocycles. The molecule has 2 aromatic rings. The quantitative estimate of drug-likeness (QED) is 0.574. The van der Waals surface area contributed by atoms with Crippen molar-refractivity contribution >= 4 is 71.0 Å². The van der Waals surface area contributed by atoms with E-state index in [1.54, 1.807) is 24.3 Å². The minimum absolute atomic E-state index is 0.307. The topological polar surface area (TPSA) is 38.3 Å². The zero-order valence-corrected chi connectivity index (χ0v) is 16.2. The van der Waals surface area contributed by atoms with Gasteiger partial charge < -0.3 is 10.1 Å². The van der Waals surface area contributed by atoms with E-state index in [1.807, 2.05) is 6.07 Å². The van der Waals surface area contributed by atoms with Gasteiger partial charge in [-0.3, -0.25) is 4.79 Å². The third-order valence-corrected chi connectivity index (χ3v) is 4.49. The van der Waals surface area contributed by atoms with Crippen molar-refractivity contribution in [1.82, 2.24) is 0 Å². The van der Waals surface area contributed by atoms with E-state index in [-0.39, 0.29) is 5.91 Å². The van der Waals surface area contributed by atoms with Crippen LogP contribution in [-0.4, -0.2) is 13.0 Å². The first kappa shape index (κ1) is 16.8. The maximum atomic E-state index is 12.4. The van der Waals surface area contributed by atoms with E-state index in [0.717, 1.165) is 8.95 Å². The van der Waals surface area contributed by atoms with Gasteiger partial charge in [0.15, 0.2) is 0 Å². The number of methoxy groups -OCH3 is 1. The van der Waals surface area contributed by atoms with Crippen molar-refractivity contribution in [1.29, 1.82) is 0 Å². The number of carbonyl (C=O) groups excluding carboxylic acids is 1. The molecule has 0 saturated carbocycles. The summed E-state index contributed by atoms with van der Waals surface area (Å²) in [5.74, 6) is 0.155. The van der Waals surface area contributed by atoms with Gasteiger partial charge in [-0.1, -0.05) is 43.5 Å². The van der Waals surface area contributed by atoms with E-state index in [4.69, 9.17) is 16.3 Å². The summed E-state index contributed by atoms with van der Waals surface area (Å²) in [6, 6.07) is 8.73. The van der Waals surface area contributed by atoms with Crippen molar-refractivity contribution in [3.63, 3.8) is 0 Å². The summed E-state index contributed by atoms with van der Waals surface area (Å²) >= 11 is 16.1. The fraction of sp³-hybridized carbons (Fsp3) is 0.0714. The summed E-state index contributed by atoms with van der Waals surface area (Å²) in [5.41, 5.74) is 0.931. The Bertz CT molecular complexity index is 707. The Morgan fingerprint density at radius 1 is 1.14 bits per heavy atom. The zero-order valence-electron chi connectivity index (χ0n) is 10.7. The molecule has 0 bridgehead atoms. The van der Waals surface area contributed by atoms with Crippen LogP contribution in [0, 0.1) is 0 Å². The van der Waals surface area contributed by atoms with Crippen molar-refractivity contribution in [3.8, 4) is 5.75 Å². The van der Waals surface area contributed by atoms with E-state index in [0.29, 0.717) is 26.5 Å². The first-order valence-electron chi connectivity index (χ1n) is 5.72. The highest BCUT2D eigenvalue weighted by Gasteiger charge is 2.17. The molecule has 2 rings (SSSR count). The van der Waals surface area contributed by atoms with E-state index in [1.165, 1.54) is 7.11 Å². The first-order valence-corrected chi connectivity index (χ1v) is 8.47. The standard InChI is InChI=1S/C14H9Br3ClNO2/c1-21-13-9(4-8(16)5-10(13)17)14(20)19-12-3-2-7(15)6-11(12)18/h2-6H,1H3,(H,19,20). The van der Waals surface area contributed by atoms with E-state index < -0.39 is 0 Å². The Hall–Kier alpha value is -0.560. The van der Waals surface area contributed by atoms with Crippen LogP contribution in [0.2, 0.25) is 5.02 Å². The SMILES string of the molecule is COc1c(Br)cc(Br)cc1C(=O)Nc1ccc(Br)cc1Cl. The fourth-order valence-electron chi connectivity index (χ4n) is 1.72. The van der Waals surface area contributed by atoms with Gasteiger partial charge >= 0.3 is 0 Å². The fourth-order valence-corrected chi connectivity index (χ4v) is 3.82. The predicted octanol–water partition coefficient (Wildman–Crippen LogP) is 5.89. The van der Waals surface area contributed by atoms with Crippen LogP contribution in [-0.2, 0) is 0 Å². The maximum Gasteiger partial charge on any atom is 0.259 e. The van der Waals surface area contributed by atoms with Crippen LogP contribution in [0.1, 0.15) is 10.4 Å². The number of ether oxygens (including phenoxy) is 1. The lowest BCUT2D eigenvalue weighted by molar-refractivity contribution is 0.102. The summed E-state index contributed by atoms with van der Waals surface area (Å²) in [7, 11) is 1.51. The number of nitrogens with one attached hydrogen (secondary N) is 1. The molecule has 21 heavy (non-hydrogen) atoms. The van der Waals surface area contributed by atoms with Crippen LogP contribution in [0.15, 0.2) is 43.7 Å². The minimum atomic E-state index is -0.307. The van der Waals surface area contributed by atoms with Gasteiger partial charge in [0.05, 0.1) is 27.9 Å². The van der Waals surface area contributed by atoms with Crippen LogP contribution in [0.5, 0.6) is 5.75 Å². The molecule has 0 aliphatic carbocycles. The summed E-state index contributed by atoms with van der Waals surface area (Å²) in [6.45, 7) is 0. The summed E-state index contributed by atoms with van der Waals surface area (Å²) in [5, 5.41) is 3.22. The molecule has 0 spiro atoms. The van der Waals surface area contributed by atoms with Gasteiger partial charge in [-0.25, -0.2) is 0 Å². The minimum Gasteiger partial charge on any atom is -0.495 e. The Kier molecular flexibility index (Phi) is 5.71. The smallest absolute Gasteiger partial charge is 0.259 e. The third kappa shape index (κ3) is 4.00. The second-order valence-electron chi connectivity index (χ2n) is 4.05. The van der Waals surface area contributed by atoms with Crippen molar-refractivity contribution < 1.29 is 9.53 Å². The zero-order chi connectivity index (χ0) is 15.6. The van der Waals surface area contributed by atoms with Crippen LogP contribution >= 0.6 is 59.4 Å². The molecule has 1 amide bonds. The summed E-state index contributed by atoms with van der Waals surface area (Å²) in [6.07, 6.45) is 0. The molecule has 0 radical (unpaired) electrons. The predicted molar refractivity (Wildman–Crippen MR) is 95.5 cm³/mol. The van der Waals surface area contributed by atoms with Crippen LogP contribution < -0.4 is 10.1 Å². The number of hydrogen-bond acceptors (Lipinski definition) is 2. The van der Waals surface area contributed by atoms with Crippen LogP contribution in [0.3, 0.4) is 0 Å². The molecule has 3 nitrogen and oxygen atoms in total. The normalized spacial score (nSPS) is 10.3. The molecule has 0 aliphatic rings. The van der Waals surface area contributed by atoms with Crippen LogP contribution in [0.25, 0.3) is 0 Å². The lowest BCUT2D eigenvalue weighted by Gasteiger charge is -2.12. The van der Waals surface area contributed by atoms with E-state index in [9.17, 15) is 4.79 Å². The molecule has 0 atom stereocenters. The molecule has 0 fully saturated rings. The second kappa shape index (κ2) is 7.13. The lowest BCUT2D eigenvalue weighted by atomic mass is 10.2. The molecule has 110 valence electrons. The van der Waals surface area contributed by atoms with Gasteiger partial charge in [-0.05, 0) is 46.3 Å². The maximum absolute atomic E-state index is 12.4. The lowest BCUT2D eigenvalue weighted by Crippen LogP contribution is -2.14. The number of benzene rings is 2. The number of hydrogen-bond donors (Lipinski definition) is 1. The first-order chi connectivity index (χ1) is 9.92. The Balaban J connectivity index is 2.36. The van der Waals surface area contributed by atoms with Gasteiger partial charge in [-0.2, -0.15) is 0 Å². The molecule has 1 N–H and O–H groups in total. The average Bonchev–Trinajstić information content (AvgIpc) is 2.41. The number of anilines is 1. The van der Waals surface area contributed by atoms with Crippen molar-refractivity contribution in [3.05, 3.63) is 54.3 Å². The molecule has 0 heterocycles. The number of rotatable bonds is 3. The average molecular weight is 498 g/mol. The Morgan fingerprint density at radius 3 is 2.48 bits per heavy atom. The second-order valence-corrected chi connectivity index (χ2v) is 7.14. The number of carbonyl (C=O) groups is 1. The number of amides is 1. The van der Waals surface area contributed by atoms with E-state index in [2.05, 4.69) is 53.1 Å². The molecule has 7 heteroatoms. The summed E-state index contributed by atoms with van der Waals surface area (Å²) < 4.78 is 7.56. The number of halogens is 4. The van der Waals surface area contributed by atoms with Crippen molar-refractivity contribution in [2.45, 2.75) is 0 Å². The van der Waals surface area contributed by atoms with E-state index >= 15 is 0 Å². The van der Waals surface area contributed by atoms with Gasteiger partial charge in [0.2, 0.25) is 0 Å². The van der Waals surface area contributed by atoms with Gasteiger partial charge in [0.1, 0.15) is 5.75 Å². The third-order valence-electron chi connectivity index (χ3n) is 2.64. The largest absolute Gasteiger partial charge is 0.495 e. The molecular formula is C14H9Br3ClNO2. The highest BCUT2D eigenvalue weighted by atomic mass is 79.9. The van der Waals surface area contributed by atoms with Gasteiger partial charge in [0.25, 0.3) is 5.91 Å².